The number of rotatable bonds is 5. The first-order chi connectivity index (χ1) is 14.5. The Balaban J connectivity index is 1.69. The number of methoxy groups -OCH3 is 1. The Morgan fingerprint density at radius 3 is 2.50 bits per heavy atom. The van der Waals surface area contributed by atoms with E-state index in [1.54, 1.807) is 24.2 Å². The molecule has 0 aliphatic heterocycles. The number of nitrogens with zero attached hydrogens (tertiary/aromatic N) is 2. The molecule has 0 N–H and O–H groups in total. The quantitative estimate of drug-likeness (QED) is 0.336. The topological polar surface area (TPSA) is 35.0 Å². The molecule has 0 saturated carbocycles. The summed E-state index contributed by atoms with van der Waals surface area (Å²) in [4.78, 5) is 9.93. The summed E-state index contributed by atoms with van der Waals surface area (Å²) in [7, 11) is 1.34. The molecule has 3 nitrogen and oxygen atoms in total. The van der Waals surface area contributed by atoms with E-state index in [0.29, 0.717) is 16.8 Å². The van der Waals surface area contributed by atoms with Crippen LogP contribution in [0.5, 0.6) is 5.75 Å². The van der Waals surface area contributed by atoms with Crippen LogP contribution in [-0.2, 0) is 11.9 Å². The van der Waals surface area contributed by atoms with Crippen molar-refractivity contribution in [2.45, 2.75) is 16.8 Å². The number of ether oxygens (including phenoxy) is 1. The average molecular weight is 426 g/mol. The molecule has 4 aromatic rings. The number of thioether (sulfide) groups is 1. The summed E-state index contributed by atoms with van der Waals surface area (Å²) in [6.07, 6.45) is -1.05. The lowest BCUT2D eigenvalue weighted by atomic mass is 10.0. The molecule has 0 saturated heterocycles. The Labute approximate surface area is 175 Å². The lowest BCUT2D eigenvalue weighted by Crippen LogP contribution is -2.05. The molecule has 7 heteroatoms. The molecule has 0 amide bonds. The van der Waals surface area contributed by atoms with Gasteiger partial charge in [0.15, 0.2) is 0 Å². The molecule has 0 radical (unpaired) electrons. The summed E-state index contributed by atoms with van der Waals surface area (Å²) in [6, 6.07) is 17.4. The van der Waals surface area contributed by atoms with Gasteiger partial charge in [0.25, 0.3) is 0 Å². The molecule has 2 heterocycles. The molecule has 0 fully saturated rings. The van der Waals surface area contributed by atoms with E-state index >= 15 is 0 Å². The summed E-state index contributed by atoms with van der Waals surface area (Å²) >= 11 is 1.67. The van der Waals surface area contributed by atoms with E-state index in [-0.39, 0.29) is 5.75 Å². The van der Waals surface area contributed by atoms with Gasteiger partial charge in [-0.2, -0.15) is 13.2 Å². The van der Waals surface area contributed by atoms with Crippen molar-refractivity contribution in [3.8, 4) is 17.0 Å². The van der Waals surface area contributed by atoms with Crippen LogP contribution in [0.15, 0.2) is 78.0 Å². The number of aromatic nitrogens is 2. The van der Waals surface area contributed by atoms with E-state index in [4.69, 9.17) is 4.74 Å². The summed E-state index contributed by atoms with van der Waals surface area (Å²) < 4.78 is 44.4. The van der Waals surface area contributed by atoms with Gasteiger partial charge in [-0.05, 0) is 35.9 Å². The van der Waals surface area contributed by atoms with Crippen LogP contribution < -0.4 is 4.74 Å². The van der Waals surface area contributed by atoms with Gasteiger partial charge in [0, 0.05) is 34.0 Å². The van der Waals surface area contributed by atoms with Crippen molar-refractivity contribution in [2.24, 2.45) is 0 Å². The van der Waals surface area contributed by atoms with E-state index in [2.05, 4.69) is 22.1 Å². The third-order valence-electron chi connectivity index (χ3n) is 4.61. The Kier molecular flexibility index (Phi) is 5.63. The van der Waals surface area contributed by atoms with Crippen LogP contribution in [0, 0.1) is 0 Å². The fourth-order valence-electron chi connectivity index (χ4n) is 3.12. The van der Waals surface area contributed by atoms with Crippen molar-refractivity contribution in [2.75, 3.05) is 7.11 Å². The standard InChI is InChI=1S/C23H17F3N2OS/c1-29-20-12-17(23(24,25)26)7-8-19(20)22-21-16(9-10-27-22)11-18(13-28-21)30-14-15-5-3-2-4-6-15/h2-13H,14H2,1H3. The van der Waals surface area contributed by atoms with Crippen LogP contribution in [-0.4, -0.2) is 17.1 Å². The van der Waals surface area contributed by atoms with E-state index in [9.17, 15) is 13.2 Å². The maximum atomic E-state index is 13.0. The molecule has 30 heavy (non-hydrogen) atoms. The third kappa shape index (κ3) is 4.26. The number of benzene rings is 2. The van der Waals surface area contributed by atoms with Gasteiger partial charge in [-0.15, -0.1) is 11.8 Å². The predicted molar refractivity (Wildman–Crippen MR) is 113 cm³/mol. The number of alkyl halides is 3. The van der Waals surface area contributed by atoms with Crippen LogP contribution in [0.25, 0.3) is 22.2 Å². The molecule has 0 aliphatic carbocycles. The van der Waals surface area contributed by atoms with Crippen LogP contribution in [0.4, 0.5) is 13.2 Å². The molecule has 0 aliphatic rings. The first kappa shape index (κ1) is 20.2. The van der Waals surface area contributed by atoms with Crippen molar-refractivity contribution in [1.29, 1.82) is 0 Å². The van der Waals surface area contributed by atoms with Gasteiger partial charge in [0.2, 0.25) is 0 Å². The molecule has 2 aromatic heterocycles. The van der Waals surface area contributed by atoms with Gasteiger partial charge >= 0.3 is 6.18 Å². The molecule has 0 atom stereocenters. The number of hydrogen-bond donors (Lipinski definition) is 0. The van der Waals surface area contributed by atoms with Crippen molar-refractivity contribution in [1.82, 2.24) is 9.97 Å². The zero-order valence-electron chi connectivity index (χ0n) is 16.0. The highest BCUT2D eigenvalue weighted by atomic mass is 32.2. The van der Waals surface area contributed by atoms with Crippen LogP contribution in [0.1, 0.15) is 11.1 Å². The van der Waals surface area contributed by atoms with E-state index < -0.39 is 11.7 Å². The fraction of sp³-hybridized carbons (Fsp3) is 0.130. The van der Waals surface area contributed by atoms with Crippen molar-refractivity contribution < 1.29 is 17.9 Å². The summed E-state index contributed by atoms with van der Waals surface area (Å²) in [5.41, 5.74) is 2.01. The summed E-state index contributed by atoms with van der Waals surface area (Å²) in [5.74, 6) is 0.924. The molecule has 0 unspecified atom stereocenters. The SMILES string of the molecule is COc1cc(C(F)(F)F)ccc1-c1nccc2cc(SCc3ccccc3)cnc12. The second kappa shape index (κ2) is 8.36. The normalized spacial score (nSPS) is 11.6. The minimum atomic E-state index is -4.44. The van der Waals surface area contributed by atoms with E-state index in [1.807, 2.05) is 30.3 Å². The number of pyridine rings is 2. The highest BCUT2D eigenvalue weighted by Gasteiger charge is 2.31. The van der Waals surface area contributed by atoms with Gasteiger partial charge in [-0.25, -0.2) is 0 Å². The maximum absolute atomic E-state index is 13.0. The van der Waals surface area contributed by atoms with Crippen LogP contribution in [0.3, 0.4) is 0 Å². The van der Waals surface area contributed by atoms with Crippen LogP contribution in [0.2, 0.25) is 0 Å². The first-order valence-corrected chi connectivity index (χ1v) is 10.1. The zero-order valence-corrected chi connectivity index (χ0v) is 16.8. The lowest BCUT2D eigenvalue weighted by Gasteiger charge is -2.13. The first-order valence-electron chi connectivity index (χ1n) is 9.13. The van der Waals surface area contributed by atoms with Crippen molar-refractivity contribution in [3.05, 3.63) is 84.2 Å². The second-order valence-corrected chi connectivity index (χ2v) is 7.64. The minimum Gasteiger partial charge on any atom is -0.496 e. The minimum absolute atomic E-state index is 0.106. The van der Waals surface area contributed by atoms with E-state index in [0.717, 1.165) is 28.2 Å². The fourth-order valence-corrected chi connectivity index (χ4v) is 3.98. The van der Waals surface area contributed by atoms with Gasteiger partial charge < -0.3 is 4.74 Å². The maximum Gasteiger partial charge on any atom is 0.416 e. The van der Waals surface area contributed by atoms with Crippen molar-refractivity contribution >= 4 is 22.7 Å². The summed E-state index contributed by atoms with van der Waals surface area (Å²) in [5, 5.41) is 0.861. The number of halogens is 3. The molecule has 152 valence electrons. The van der Waals surface area contributed by atoms with Gasteiger partial charge in [-0.3, -0.25) is 9.97 Å². The smallest absolute Gasteiger partial charge is 0.416 e. The molecular weight excluding hydrogens is 409 g/mol. The number of fused-ring (bicyclic) bond motifs is 1. The Hall–Kier alpha value is -3.06. The average Bonchev–Trinajstić information content (AvgIpc) is 2.76. The lowest BCUT2D eigenvalue weighted by molar-refractivity contribution is -0.137. The molecule has 0 spiro atoms. The third-order valence-corrected chi connectivity index (χ3v) is 5.64. The monoisotopic (exact) mass is 426 g/mol. The van der Waals surface area contributed by atoms with Gasteiger partial charge in [-0.1, -0.05) is 30.3 Å². The van der Waals surface area contributed by atoms with Gasteiger partial charge in [0.05, 0.1) is 18.2 Å². The Morgan fingerprint density at radius 1 is 0.967 bits per heavy atom. The molecule has 0 bridgehead atoms. The highest BCUT2D eigenvalue weighted by molar-refractivity contribution is 7.98. The van der Waals surface area contributed by atoms with Gasteiger partial charge in [0.1, 0.15) is 11.4 Å². The largest absolute Gasteiger partial charge is 0.496 e. The van der Waals surface area contributed by atoms with Crippen LogP contribution >= 0.6 is 11.8 Å². The zero-order chi connectivity index (χ0) is 21.1. The molecule has 4 rings (SSSR count). The van der Waals surface area contributed by atoms with E-state index in [1.165, 1.54) is 18.7 Å². The predicted octanol–water partition coefficient (Wildman–Crippen LogP) is 6.62. The Morgan fingerprint density at radius 2 is 1.77 bits per heavy atom. The Bertz CT molecular complexity index is 1180. The molecule has 2 aromatic carbocycles. The second-order valence-electron chi connectivity index (χ2n) is 6.59. The molecular formula is C23H17F3N2OS. The highest BCUT2D eigenvalue weighted by Crippen LogP contribution is 2.38. The number of hydrogen-bond acceptors (Lipinski definition) is 4. The summed E-state index contributed by atoms with van der Waals surface area (Å²) in [6.45, 7) is 0. The van der Waals surface area contributed by atoms with Crippen molar-refractivity contribution in [3.63, 3.8) is 0 Å².